The largest absolute Gasteiger partial charge is 0.493 e. The minimum atomic E-state index is -0.378. The minimum Gasteiger partial charge on any atom is -0.493 e. The molecular formula is C20H22N2O4. The first-order chi connectivity index (χ1) is 12.6. The van der Waals surface area contributed by atoms with E-state index in [1.807, 2.05) is 42.5 Å². The first-order valence-corrected chi connectivity index (χ1v) is 7.96. The lowest BCUT2D eigenvalue weighted by atomic mass is 10.1. The fourth-order valence-corrected chi connectivity index (χ4v) is 2.23. The highest BCUT2D eigenvalue weighted by atomic mass is 16.5. The van der Waals surface area contributed by atoms with Gasteiger partial charge in [0, 0.05) is 5.56 Å². The van der Waals surface area contributed by atoms with E-state index in [0.29, 0.717) is 28.5 Å². The lowest BCUT2D eigenvalue weighted by Crippen LogP contribution is -2.19. The maximum atomic E-state index is 12.4. The van der Waals surface area contributed by atoms with Gasteiger partial charge in [-0.15, -0.1) is 0 Å². The summed E-state index contributed by atoms with van der Waals surface area (Å²) in [6.07, 6.45) is 3.75. The predicted octanol–water partition coefficient (Wildman–Crippen LogP) is 3.53. The van der Waals surface area contributed by atoms with Crippen molar-refractivity contribution in [2.24, 2.45) is 5.10 Å². The number of carbonyl (C=O) groups is 1. The number of hydrazone groups is 1. The Morgan fingerprint density at radius 2 is 1.62 bits per heavy atom. The number of nitrogens with zero attached hydrogens (tertiary/aromatic N) is 1. The second-order valence-electron chi connectivity index (χ2n) is 5.35. The molecule has 2 aromatic carbocycles. The first-order valence-electron chi connectivity index (χ1n) is 7.96. The summed E-state index contributed by atoms with van der Waals surface area (Å²) < 4.78 is 15.7. The van der Waals surface area contributed by atoms with Gasteiger partial charge in [-0.25, -0.2) is 5.43 Å². The summed E-state index contributed by atoms with van der Waals surface area (Å²) >= 11 is 0. The van der Waals surface area contributed by atoms with E-state index >= 15 is 0 Å². The third-order valence-electron chi connectivity index (χ3n) is 3.58. The second kappa shape index (κ2) is 9.27. The Morgan fingerprint density at radius 1 is 1.00 bits per heavy atom. The topological polar surface area (TPSA) is 69.2 Å². The quantitative estimate of drug-likeness (QED) is 0.610. The van der Waals surface area contributed by atoms with Crippen LogP contribution in [-0.2, 0) is 0 Å². The summed E-state index contributed by atoms with van der Waals surface area (Å²) in [7, 11) is 4.50. The summed E-state index contributed by atoms with van der Waals surface area (Å²) in [5.41, 5.74) is 4.59. The molecule has 0 aliphatic rings. The third-order valence-corrected chi connectivity index (χ3v) is 3.58. The van der Waals surface area contributed by atoms with Crippen LogP contribution in [0.4, 0.5) is 0 Å². The van der Waals surface area contributed by atoms with E-state index < -0.39 is 0 Å². The Bertz CT molecular complexity index is 789. The van der Waals surface area contributed by atoms with Gasteiger partial charge in [0.25, 0.3) is 5.91 Å². The molecule has 6 heteroatoms. The van der Waals surface area contributed by atoms with Crippen molar-refractivity contribution in [3.05, 3.63) is 59.7 Å². The molecule has 0 bridgehead atoms. The fourth-order valence-electron chi connectivity index (χ4n) is 2.23. The summed E-state index contributed by atoms with van der Waals surface area (Å²) in [6, 6.07) is 13.0. The Hall–Kier alpha value is -3.28. The average molecular weight is 354 g/mol. The van der Waals surface area contributed by atoms with Crippen molar-refractivity contribution < 1.29 is 19.0 Å². The number of hydrogen-bond acceptors (Lipinski definition) is 5. The molecule has 0 fully saturated rings. The van der Waals surface area contributed by atoms with Gasteiger partial charge in [-0.2, -0.15) is 5.10 Å². The number of methoxy groups -OCH3 is 3. The molecule has 1 amide bonds. The number of hydrogen-bond donors (Lipinski definition) is 1. The van der Waals surface area contributed by atoms with E-state index in [4.69, 9.17) is 14.2 Å². The standard InChI is InChI=1S/C20H22N2O4/c1-14(10-11-15-8-6-5-7-9-15)21-22-20(23)16-12-17(24-2)19(26-4)18(13-16)25-3/h5-13H,1-4H3,(H,22,23)/b11-10+,21-14+. The normalized spacial score (nSPS) is 11.3. The zero-order valence-corrected chi connectivity index (χ0v) is 15.3. The monoisotopic (exact) mass is 354 g/mol. The van der Waals surface area contributed by atoms with E-state index in [1.165, 1.54) is 21.3 Å². The van der Waals surface area contributed by atoms with Crippen molar-refractivity contribution >= 4 is 17.7 Å². The van der Waals surface area contributed by atoms with Crippen LogP contribution in [0.25, 0.3) is 6.08 Å². The van der Waals surface area contributed by atoms with Crippen LogP contribution in [0.5, 0.6) is 17.2 Å². The molecule has 0 saturated carbocycles. The highest BCUT2D eigenvalue weighted by molar-refractivity contribution is 5.99. The SMILES string of the molecule is COc1cc(C(=O)N/N=C(C)/C=C/c2ccccc2)cc(OC)c1OC. The van der Waals surface area contributed by atoms with Gasteiger partial charge in [0.05, 0.1) is 27.0 Å². The molecule has 0 unspecified atom stereocenters. The second-order valence-corrected chi connectivity index (χ2v) is 5.35. The molecule has 1 N–H and O–H groups in total. The van der Waals surface area contributed by atoms with Gasteiger partial charge < -0.3 is 14.2 Å². The summed E-state index contributed by atoms with van der Waals surface area (Å²) in [5, 5.41) is 4.09. The minimum absolute atomic E-state index is 0.350. The van der Waals surface area contributed by atoms with Crippen molar-refractivity contribution in [3.8, 4) is 17.2 Å². The number of carbonyl (C=O) groups excluding carboxylic acids is 1. The average Bonchev–Trinajstić information content (AvgIpc) is 2.69. The lowest BCUT2D eigenvalue weighted by molar-refractivity contribution is 0.0954. The maximum Gasteiger partial charge on any atom is 0.271 e. The van der Waals surface area contributed by atoms with Gasteiger partial charge >= 0.3 is 0 Å². The summed E-state index contributed by atoms with van der Waals surface area (Å²) in [5.74, 6) is 0.858. The third kappa shape index (κ3) is 4.86. The molecule has 26 heavy (non-hydrogen) atoms. The number of benzene rings is 2. The summed E-state index contributed by atoms with van der Waals surface area (Å²) in [6.45, 7) is 1.80. The van der Waals surface area contributed by atoms with Gasteiger partial charge in [-0.05, 0) is 30.7 Å². The molecule has 0 saturated heterocycles. The highest BCUT2D eigenvalue weighted by Crippen LogP contribution is 2.38. The van der Waals surface area contributed by atoms with Crippen LogP contribution in [-0.4, -0.2) is 32.9 Å². The molecule has 0 heterocycles. The van der Waals surface area contributed by atoms with Gasteiger partial charge in [-0.3, -0.25) is 4.79 Å². The zero-order chi connectivity index (χ0) is 18.9. The molecule has 0 aliphatic heterocycles. The Balaban J connectivity index is 2.13. The van der Waals surface area contributed by atoms with Gasteiger partial charge in [-0.1, -0.05) is 36.4 Å². The Kier molecular flexibility index (Phi) is 6.79. The van der Waals surface area contributed by atoms with Crippen molar-refractivity contribution in [1.82, 2.24) is 5.43 Å². The smallest absolute Gasteiger partial charge is 0.271 e. The highest BCUT2D eigenvalue weighted by Gasteiger charge is 2.16. The van der Waals surface area contributed by atoms with Crippen LogP contribution in [0.2, 0.25) is 0 Å². The van der Waals surface area contributed by atoms with Crippen molar-refractivity contribution in [2.45, 2.75) is 6.92 Å². The fraction of sp³-hybridized carbons (Fsp3) is 0.200. The molecule has 0 spiro atoms. The number of nitrogens with one attached hydrogen (secondary N) is 1. The lowest BCUT2D eigenvalue weighted by Gasteiger charge is -2.13. The number of amides is 1. The van der Waals surface area contributed by atoms with Gasteiger partial charge in [0.15, 0.2) is 11.5 Å². The van der Waals surface area contributed by atoms with Crippen LogP contribution < -0.4 is 19.6 Å². The molecule has 6 nitrogen and oxygen atoms in total. The van der Waals surface area contributed by atoms with Crippen LogP contribution >= 0.6 is 0 Å². The van der Waals surface area contributed by atoms with Crippen molar-refractivity contribution in [1.29, 1.82) is 0 Å². The van der Waals surface area contributed by atoms with Crippen LogP contribution in [0.1, 0.15) is 22.8 Å². The van der Waals surface area contributed by atoms with E-state index in [2.05, 4.69) is 10.5 Å². The molecule has 0 aliphatic carbocycles. The zero-order valence-electron chi connectivity index (χ0n) is 15.3. The molecular weight excluding hydrogens is 332 g/mol. The predicted molar refractivity (Wildman–Crippen MR) is 102 cm³/mol. The molecule has 0 aromatic heterocycles. The van der Waals surface area contributed by atoms with Crippen molar-refractivity contribution in [3.63, 3.8) is 0 Å². The van der Waals surface area contributed by atoms with Crippen LogP contribution in [0.3, 0.4) is 0 Å². The number of ether oxygens (including phenoxy) is 3. The number of allylic oxidation sites excluding steroid dienone is 1. The van der Waals surface area contributed by atoms with Crippen molar-refractivity contribution in [2.75, 3.05) is 21.3 Å². The van der Waals surface area contributed by atoms with E-state index in [-0.39, 0.29) is 5.91 Å². The van der Waals surface area contributed by atoms with Crippen LogP contribution in [0.15, 0.2) is 53.6 Å². The maximum absolute atomic E-state index is 12.4. The molecule has 0 radical (unpaired) electrons. The van der Waals surface area contributed by atoms with Gasteiger partial charge in [0.2, 0.25) is 5.75 Å². The first kappa shape index (κ1) is 19.1. The summed E-state index contributed by atoms with van der Waals surface area (Å²) in [4.78, 5) is 12.4. The van der Waals surface area contributed by atoms with E-state index in [1.54, 1.807) is 19.1 Å². The van der Waals surface area contributed by atoms with E-state index in [0.717, 1.165) is 5.56 Å². The van der Waals surface area contributed by atoms with Gasteiger partial charge in [0.1, 0.15) is 0 Å². The molecule has 136 valence electrons. The molecule has 2 aromatic rings. The van der Waals surface area contributed by atoms with Crippen LogP contribution in [0, 0.1) is 0 Å². The number of rotatable bonds is 7. The molecule has 0 atom stereocenters. The Morgan fingerprint density at radius 3 is 2.15 bits per heavy atom. The molecule has 2 rings (SSSR count). The van der Waals surface area contributed by atoms with E-state index in [9.17, 15) is 4.79 Å². The Labute approximate surface area is 153 Å².